The molecular formula is C32H61NO5S. The number of allylic oxidation sites excluding steroid dienone is 3. The van der Waals surface area contributed by atoms with Crippen molar-refractivity contribution in [1.82, 2.24) is 5.32 Å². The average Bonchev–Trinajstić information content (AvgIpc) is 2.88. The van der Waals surface area contributed by atoms with E-state index in [1.165, 1.54) is 83.1 Å². The van der Waals surface area contributed by atoms with Crippen LogP contribution in [0, 0.1) is 0 Å². The second kappa shape index (κ2) is 27.0. The molecule has 0 saturated carbocycles. The normalized spacial score (nSPS) is 13.8. The van der Waals surface area contributed by atoms with Crippen molar-refractivity contribution in [1.29, 1.82) is 0 Å². The number of hydrogen-bond acceptors (Lipinski definition) is 4. The summed E-state index contributed by atoms with van der Waals surface area (Å²) in [5.41, 5.74) is 0. The fourth-order valence-electron chi connectivity index (χ4n) is 4.68. The van der Waals surface area contributed by atoms with Gasteiger partial charge < -0.3 is 10.4 Å². The van der Waals surface area contributed by atoms with Crippen LogP contribution in [0.5, 0.6) is 0 Å². The maximum Gasteiger partial charge on any atom is 0.267 e. The first-order valence-corrected chi connectivity index (χ1v) is 17.6. The Balaban J connectivity index is 4.00. The molecule has 0 aliphatic rings. The number of aliphatic hydroxyl groups excluding tert-OH is 1. The molecule has 39 heavy (non-hydrogen) atoms. The number of carbonyl (C=O) groups excluding carboxylic acids is 1. The number of amides is 1. The highest BCUT2D eigenvalue weighted by molar-refractivity contribution is 7.85. The minimum absolute atomic E-state index is 0.286. The van der Waals surface area contributed by atoms with Crippen LogP contribution in [0.3, 0.4) is 0 Å². The average molecular weight is 572 g/mol. The first kappa shape index (κ1) is 37.8. The smallest absolute Gasteiger partial charge is 0.267 e. The van der Waals surface area contributed by atoms with E-state index in [0.717, 1.165) is 57.8 Å². The third-order valence-electron chi connectivity index (χ3n) is 7.12. The molecule has 0 aromatic rings. The Morgan fingerprint density at radius 2 is 1.08 bits per heavy atom. The molecule has 2 atom stereocenters. The maximum absolute atomic E-state index is 12.4. The molecule has 6 nitrogen and oxygen atoms in total. The molecule has 2 unspecified atom stereocenters. The van der Waals surface area contributed by atoms with Gasteiger partial charge in [-0.05, 0) is 44.9 Å². The summed E-state index contributed by atoms with van der Waals surface area (Å²) >= 11 is 0. The number of unbranched alkanes of at least 4 members (excludes halogenated alkanes) is 18. The molecule has 7 heteroatoms. The molecule has 230 valence electrons. The molecule has 0 radical (unpaired) electrons. The zero-order chi connectivity index (χ0) is 29.0. The van der Waals surface area contributed by atoms with Gasteiger partial charge in [-0.2, -0.15) is 8.42 Å². The van der Waals surface area contributed by atoms with Crippen molar-refractivity contribution in [3.63, 3.8) is 0 Å². The number of nitrogens with one attached hydrogen (secondary N) is 1. The van der Waals surface area contributed by atoms with Crippen LogP contribution in [-0.2, 0) is 14.9 Å². The standard InChI is InChI=1S/C32H61NO5S/c1-3-5-7-9-11-13-14-15-16-17-18-19-20-22-24-26-28-32(35)33-30(29-39(36,37)38)31(34)27-25-23-21-12-10-8-6-4-2/h16-17,25,27,30-31,34H,3-15,18-24,26,28-29H2,1-2H3,(H,33,35)(H,36,37,38)/b17-16-,27-25+. The summed E-state index contributed by atoms with van der Waals surface area (Å²) in [7, 11) is -4.33. The second-order valence-electron chi connectivity index (χ2n) is 11.1. The van der Waals surface area contributed by atoms with Crippen LogP contribution >= 0.6 is 0 Å². The summed E-state index contributed by atoms with van der Waals surface area (Å²) in [4.78, 5) is 12.4. The molecule has 0 aliphatic heterocycles. The summed E-state index contributed by atoms with van der Waals surface area (Å²) in [6.07, 6.45) is 31.7. The summed E-state index contributed by atoms with van der Waals surface area (Å²) in [6, 6.07) is -1.05. The molecule has 0 heterocycles. The van der Waals surface area contributed by atoms with Crippen LogP contribution in [0.15, 0.2) is 24.3 Å². The molecule has 0 bridgehead atoms. The van der Waals surface area contributed by atoms with Crippen molar-refractivity contribution in [2.45, 2.75) is 167 Å². The molecule has 0 fully saturated rings. The Morgan fingerprint density at radius 1 is 0.667 bits per heavy atom. The van der Waals surface area contributed by atoms with Gasteiger partial charge in [0.05, 0.1) is 17.9 Å². The summed E-state index contributed by atoms with van der Waals surface area (Å²) in [5, 5.41) is 13.0. The molecule has 0 saturated heterocycles. The predicted molar refractivity (Wildman–Crippen MR) is 166 cm³/mol. The van der Waals surface area contributed by atoms with Gasteiger partial charge in [-0.1, -0.05) is 128 Å². The molecule has 3 N–H and O–H groups in total. The first-order valence-electron chi connectivity index (χ1n) is 16.0. The van der Waals surface area contributed by atoms with Crippen molar-refractivity contribution in [3.8, 4) is 0 Å². The first-order chi connectivity index (χ1) is 18.8. The fourth-order valence-corrected chi connectivity index (χ4v) is 5.41. The van der Waals surface area contributed by atoms with E-state index < -0.39 is 28.0 Å². The quantitative estimate of drug-likeness (QED) is 0.0496. The lowest BCUT2D eigenvalue weighted by Gasteiger charge is -2.21. The maximum atomic E-state index is 12.4. The minimum Gasteiger partial charge on any atom is -0.387 e. The van der Waals surface area contributed by atoms with Crippen LogP contribution < -0.4 is 5.32 Å². The lowest BCUT2D eigenvalue weighted by atomic mass is 10.1. The highest BCUT2D eigenvalue weighted by Gasteiger charge is 2.24. The monoisotopic (exact) mass is 571 g/mol. The Labute approximate surface area is 241 Å². The Morgan fingerprint density at radius 3 is 1.54 bits per heavy atom. The van der Waals surface area contributed by atoms with E-state index in [-0.39, 0.29) is 12.3 Å². The van der Waals surface area contributed by atoms with Crippen molar-refractivity contribution >= 4 is 16.0 Å². The summed E-state index contributed by atoms with van der Waals surface area (Å²) < 4.78 is 32.1. The van der Waals surface area contributed by atoms with E-state index in [1.807, 2.05) is 6.08 Å². The SMILES string of the molecule is CCCCCCCC/C=C/C(O)C(CS(=O)(=O)O)NC(=O)CCCCCCC/C=C\CCCCCCCCC. The minimum atomic E-state index is -4.33. The Bertz CT molecular complexity index is 720. The number of carbonyl (C=O) groups is 1. The molecule has 0 aliphatic carbocycles. The third kappa shape index (κ3) is 28.2. The molecular weight excluding hydrogens is 510 g/mol. The van der Waals surface area contributed by atoms with Gasteiger partial charge in [-0.25, -0.2) is 0 Å². The highest BCUT2D eigenvalue weighted by atomic mass is 32.2. The molecule has 0 rings (SSSR count). The van der Waals surface area contributed by atoms with Crippen LogP contribution in [0.1, 0.15) is 155 Å². The van der Waals surface area contributed by atoms with Crippen molar-refractivity contribution in [2.24, 2.45) is 0 Å². The lowest BCUT2D eigenvalue weighted by molar-refractivity contribution is -0.122. The third-order valence-corrected chi connectivity index (χ3v) is 7.90. The van der Waals surface area contributed by atoms with Crippen LogP contribution in [-0.4, -0.2) is 41.9 Å². The van der Waals surface area contributed by atoms with Gasteiger partial charge in [0.15, 0.2) is 0 Å². The zero-order valence-electron chi connectivity index (χ0n) is 25.3. The van der Waals surface area contributed by atoms with Gasteiger partial charge in [0.1, 0.15) is 0 Å². The van der Waals surface area contributed by atoms with Gasteiger partial charge in [-0.15, -0.1) is 0 Å². The van der Waals surface area contributed by atoms with E-state index in [0.29, 0.717) is 0 Å². The van der Waals surface area contributed by atoms with E-state index >= 15 is 0 Å². The van der Waals surface area contributed by atoms with Gasteiger partial charge >= 0.3 is 0 Å². The van der Waals surface area contributed by atoms with Crippen LogP contribution in [0.2, 0.25) is 0 Å². The largest absolute Gasteiger partial charge is 0.387 e. The molecule has 1 amide bonds. The van der Waals surface area contributed by atoms with Gasteiger partial charge in [0, 0.05) is 6.42 Å². The second-order valence-corrected chi connectivity index (χ2v) is 12.6. The van der Waals surface area contributed by atoms with E-state index in [1.54, 1.807) is 0 Å². The Kier molecular flexibility index (Phi) is 26.2. The molecule has 0 spiro atoms. The number of aliphatic hydroxyl groups is 1. The molecule has 0 aromatic carbocycles. The number of rotatable bonds is 28. The van der Waals surface area contributed by atoms with E-state index in [2.05, 4.69) is 31.3 Å². The van der Waals surface area contributed by atoms with Gasteiger partial charge in [0.25, 0.3) is 10.1 Å². The zero-order valence-corrected chi connectivity index (χ0v) is 26.1. The van der Waals surface area contributed by atoms with E-state index in [4.69, 9.17) is 0 Å². The summed E-state index contributed by atoms with van der Waals surface area (Å²) in [5.74, 6) is -0.992. The molecule has 0 aromatic heterocycles. The lowest BCUT2D eigenvalue weighted by Crippen LogP contribution is -2.46. The summed E-state index contributed by atoms with van der Waals surface area (Å²) in [6.45, 7) is 4.44. The highest BCUT2D eigenvalue weighted by Crippen LogP contribution is 2.12. The Hall–Kier alpha value is -1.18. The van der Waals surface area contributed by atoms with Gasteiger partial charge in [-0.3, -0.25) is 9.35 Å². The fraction of sp³-hybridized carbons (Fsp3) is 0.844. The van der Waals surface area contributed by atoms with Crippen molar-refractivity contribution in [3.05, 3.63) is 24.3 Å². The van der Waals surface area contributed by atoms with Crippen LogP contribution in [0.25, 0.3) is 0 Å². The van der Waals surface area contributed by atoms with Crippen molar-refractivity contribution < 1.29 is 22.9 Å². The van der Waals surface area contributed by atoms with E-state index in [9.17, 15) is 22.9 Å². The van der Waals surface area contributed by atoms with Gasteiger partial charge in [0.2, 0.25) is 5.91 Å². The topological polar surface area (TPSA) is 104 Å². The van der Waals surface area contributed by atoms with Crippen molar-refractivity contribution in [2.75, 3.05) is 5.75 Å². The van der Waals surface area contributed by atoms with Crippen LogP contribution in [0.4, 0.5) is 0 Å². The number of hydrogen-bond donors (Lipinski definition) is 3. The predicted octanol–water partition coefficient (Wildman–Crippen LogP) is 8.45.